The molecule has 1 rings (SSSR count). The lowest BCUT2D eigenvalue weighted by Gasteiger charge is -2.13. The normalized spacial score (nSPS) is 10.0. The zero-order chi connectivity index (χ0) is 10.6. The van der Waals surface area contributed by atoms with E-state index in [1.54, 1.807) is 14.2 Å². The largest absolute Gasteiger partial charge is 0.492 e. The van der Waals surface area contributed by atoms with Gasteiger partial charge >= 0.3 is 0 Å². The number of halogens is 1. The van der Waals surface area contributed by atoms with Gasteiger partial charge in [-0.1, -0.05) is 6.07 Å². The Morgan fingerprint density at radius 1 is 1.21 bits per heavy atom. The molecule has 0 spiro atoms. The summed E-state index contributed by atoms with van der Waals surface area (Å²) >= 11 is 3.36. The summed E-state index contributed by atoms with van der Waals surface area (Å²) in [7, 11) is 3.15. The van der Waals surface area contributed by atoms with E-state index in [0.29, 0.717) is 11.5 Å². The van der Waals surface area contributed by atoms with Crippen LogP contribution in [0.3, 0.4) is 0 Å². The lowest BCUT2D eigenvalue weighted by molar-refractivity contribution is 0.121. The molecule has 0 unspecified atom stereocenters. The average molecular weight is 262 g/mol. The van der Waals surface area contributed by atoms with Crippen molar-refractivity contribution < 1.29 is 14.3 Å². The minimum absolute atomic E-state index is 0.285. The smallest absolute Gasteiger partial charge is 0.175 e. The van der Waals surface area contributed by atoms with Crippen LogP contribution in [0.2, 0.25) is 0 Å². The van der Waals surface area contributed by atoms with E-state index in [9.17, 15) is 0 Å². The van der Waals surface area contributed by atoms with Crippen molar-refractivity contribution in [1.29, 1.82) is 0 Å². The first-order valence-electron chi connectivity index (χ1n) is 3.95. The van der Waals surface area contributed by atoms with Crippen LogP contribution in [-0.2, 0) is 11.4 Å². The Balaban J connectivity index is 3.18. The van der Waals surface area contributed by atoms with Gasteiger partial charge in [0.25, 0.3) is 0 Å². The fourth-order valence-electron chi connectivity index (χ4n) is 1.20. The molecule has 0 aliphatic rings. The van der Waals surface area contributed by atoms with Crippen LogP contribution in [0.5, 0.6) is 11.5 Å². The minimum atomic E-state index is 0.285. The maximum absolute atomic E-state index is 5.21. The molecule has 0 heterocycles. The zero-order valence-electron chi connectivity index (χ0n) is 8.04. The predicted molar refractivity (Wildman–Crippen MR) is 56.2 cm³/mol. The number of hydrogen-bond donors (Lipinski definition) is 1. The molecule has 1 aromatic carbocycles. The molecular weight excluding hydrogens is 250 g/mol. The van der Waals surface area contributed by atoms with Gasteiger partial charge in [-0.3, -0.25) is 4.84 Å². The van der Waals surface area contributed by atoms with Crippen molar-refractivity contribution in [2.45, 2.75) is 6.61 Å². The number of ether oxygens (including phenoxy) is 2. The SMILES string of the molecule is COc1c(Br)ccc(CON)c1OC. The topological polar surface area (TPSA) is 53.7 Å². The standard InChI is InChI=1S/C9H12BrNO3/c1-12-8-6(5-14-11)3-4-7(10)9(8)13-2/h3-4H,5,11H2,1-2H3. The van der Waals surface area contributed by atoms with Crippen LogP contribution in [0.4, 0.5) is 0 Å². The molecule has 0 bridgehead atoms. The summed E-state index contributed by atoms with van der Waals surface area (Å²) in [5.41, 5.74) is 0.843. The number of benzene rings is 1. The molecule has 2 N–H and O–H groups in total. The van der Waals surface area contributed by atoms with Crippen LogP contribution >= 0.6 is 15.9 Å². The number of nitrogens with two attached hydrogens (primary N) is 1. The average Bonchev–Trinajstić information content (AvgIpc) is 2.20. The molecule has 14 heavy (non-hydrogen) atoms. The summed E-state index contributed by atoms with van der Waals surface area (Å²) in [6.45, 7) is 0.285. The first kappa shape index (κ1) is 11.3. The van der Waals surface area contributed by atoms with E-state index in [1.807, 2.05) is 12.1 Å². The molecule has 4 nitrogen and oxygen atoms in total. The zero-order valence-corrected chi connectivity index (χ0v) is 9.63. The van der Waals surface area contributed by atoms with Crippen molar-refractivity contribution in [3.63, 3.8) is 0 Å². The Bertz CT molecular complexity index is 317. The molecule has 0 radical (unpaired) electrons. The number of rotatable bonds is 4. The summed E-state index contributed by atoms with van der Waals surface area (Å²) in [6, 6.07) is 3.72. The first-order valence-corrected chi connectivity index (χ1v) is 4.75. The van der Waals surface area contributed by atoms with Gasteiger partial charge in [0.05, 0.1) is 25.3 Å². The third kappa shape index (κ3) is 2.17. The molecule has 0 aromatic heterocycles. The summed E-state index contributed by atoms with van der Waals surface area (Å²) in [4.78, 5) is 4.56. The van der Waals surface area contributed by atoms with Gasteiger partial charge < -0.3 is 9.47 Å². The lowest BCUT2D eigenvalue weighted by atomic mass is 10.2. The van der Waals surface area contributed by atoms with Crippen molar-refractivity contribution in [1.82, 2.24) is 0 Å². The van der Waals surface area contributed by atoms with Crippen molar-refractivity contribution in [3.8, 4) is 11.5 Å². The third-order valence-electron chi connectivity index (χ3n) is 1.79. The highest BCUT2D eigenvalue weighted by atomic mass is 79.9. The highest BCUT2D eigenvalue weighted by Crippen LogP contribution is 2.37. The van der Waals surface area contributed by atoms with Gasteiger partial charge in [0.15, 0.2) is 11.5 Å². The molecule has 0 atom stereocenters. The van der Waals surface area contributed by atoms with E-state index in [-0.39, 0.29) is 6.61 Å². The molecule has 5 heteroatoms. The van der Waals surface area contributed by atoms with Crippen molar-refractivity contribution in [2.75, 3.05) is 14.2 Å². The fraction of sp³-hybridized carbons (Fsp3) is 0.333. The van der Waals surface area contributed by atoms with E-state index < -0.39 is 0 Å². The van der Waals surface area contributed by atoms with Crippen LogP contribution in [0.1, 0.15) is 5.56 Å². The van der Waals surface area contributed by atoms with Gasteiger partial charge in [0, 0.05) is 5.56 Å². The highest BCUT2D eigenvalue weighted by Gasteiger charge is 2.13. The second-order valence-electron chi connectivity index (χ2n) is 2.58. The van der Waals surface area contributed by atoms with E-state index in [0.717, 1.165) is 10.0 Å². The van der Waals surface area contributed by atoms with Crippen molar-refractivity contribution in [2.24, 2.45) is 5.90 Å². The second-order valence-corrected chi connectivity index (χ2v) is 3.44. The lowest BCUT2D eigenvalue weighted by Crippen LogP contribution is -2.02. The van der Waals surface area contributed by atoms with Gasteiger partial charge in [-0.2, -0.15) is 0 Å². The Labute approximate surface area is 91.0 Å². The van der Waals surface area contributed by atoms with Crippen molar-refractivity contribution >= 4 is 15.9 Å². The Hall–Kier alpha value is -0.780. The first-order chi connectivity index (χ1) is 6.74. The molecule has 0 aliphatic heterocycles. The molecule has 1 aromatic rings. The van der Waals surface area contributed by atoms with E-state index in [4.69, 9.17) is 15.4 Å². The van der Waals surface area contributed by atoms with Crippen LogP contribution in [-0.4, -0.2) is 14.2 Å². The van der Waals surface area contributed by atoms with Gasteiger partial charge in [-0.05, 0) is 22.0 Å². The van der Waals surface area contributed by atoms with Gasteiger partial charge in [0.2, 0.25) is 0 Å². The molecule has 0 aliphatic carbocycles. The number of hydrogen-bond acceptors (Lipinski definition) is 4. The third-order valence-corrected chi connectivity index (χ3v) is 2.42. The number of methoxy groups -OCH3 is 2. The molecule has 0 amide bonds. The quantitative estimate of drug-likeness (QED) is 0.841. The van der Waals surface area contributed by atoms with Gasteiger partial charge in [0.1, 0.15) is 0 Å². The second kappa shape index (κ2) is 5.19. The maximum atomic E-state index is 5.21. The van der Waals surface area contributed by atoms with Crippen LogP contribution < -0.4 is 15.4 Å². The van der Waals surface area contributed by atoms with Gasteiger partial charge in [-0.15, -0.1) is 0 Å². The fourth-order valence-corrected chi connectivity index (χ4v) is 1.67. The van der Waals surface area contributed by atoms with Gasteiger partial charge in [-0.25, -0.2) is 5.90 Å². The summed E-state index contributed by atoms with van der Waals surface area (Å²) in [5.74, 6) is 6.28. The minimum Gasteiger partial charge on any atom is -0.492 e. The molecule has 78 valence electrons. The monoisotopic (exact) mass is 261 g/mol. The molecule has 0 fully saturated rings. The molecule has 0 saturated heterocycles. The molecular formula is C9H12BrNO3. The van der Waals surface area contributed by atoms with Crippen molar-refractivity contribution in [3.05, 3.63) is 22.2 Å². The summed E-state index contributed by atoms with van der Waals surface area (Å²) in [6.07, 6.45) is 0. The van der Waals surface area contributed by atoms with E-state index >= 15 is 0 Å². The van der Waals surface area contributed by atoms with Crippen LogP contribution in [0.25, 0.3) is 0 Å². The molecule has 0 saturated carbocycles. The van der Waals surface area contributed by atoms with E-state index in [2.05, 4.69) is 20.8 Å². The van der Waals surface area contributed by atoms with Crippen LogP contribution in [0.15, 0.2) is 16.6 Å². The highest BCUT2D eigenvalue weighted by molar-refractivity contribution is 9.10. The Kier molecular flexibility index (Phi) is 4.19. The Morgan fingerprint density at radius 3 is 2.36 bits per heavy atom. The summed E-state index contributed by atoms with van der Waals surface area (Å²) in [5, 5.41) is 0. The predicted octanol–water partition coefficient (Wildman–Crippen LogP) is 1.86. The van der Waals surface area contributed by atoms with E-state index in [1.165, 1.54) is 0 Å². The summed E-state index contributed by atoms with van der Waals surface area (Å²) < 4.78 is 11.2. The van der Waals surface area contributed by atoms with Crippen LogP contribution in [0, 0.1) is 0 Å². The maximum Gasteiger partial charge on any atom is 0.175 e. The Morgan fingerprint density at radius 2 is 1.86 bits per heavy atom.